The molecule has 116 valence electrons. The van der Waals surface area contributed by atoms with Gasteiger partial charge in [0.05, 0.1) is 24.0 Å². The number of aromatic nitrogens is 2. The molecule has 1 N–H and O–H groups in total. The number of rotatable bonds is 6. The summed E-state index contributed by atoms with van der Waals surface area (Å²) in [7, 11) is 0. The lowest BCUT2D eigenvalue weighted by atomic mass is 10.3. The molecule has 0 atom stereocenters. The Morgan fingerprint density at radius 2 is 1.95 bits per heavy atom. The Bertz CT molecular complexity index is 637. The summed E-state index contributed by atoms with van der Waals surface area (Å²) in [4.78, 5) is 25.6. The number of nitrogens with one attached hydrogen (secondary N) is 1. The highest BCUT2D eigenvalue weighted by molar-refractivity contribution is 5.96. The molecule has 0 aliphatic rings. The van der Waals surface area contributed by atoms with Crippen LogP contribution in [0.25, 0.3) is 5.69 Å². The minimum atomic E-state index is -0.198. The van der Waals surface area contributed by atoms with Crippen LogP contribution >= 0.6 is 0 Å². The standard InChI is InChI=1S/C16H20N4O2/c1-3-17-15(21)12-19(4-2)16(22)13-10-18-20(11-13)14-8-6-5-7-9-14/h5-11H,3-4,12H2,1-2H3,(H,17,21). The largest absolute Gasteiger partial charge is 0.355 e. The molecule has 0 fully saturated rings. The third kappa shape index (κ3) is 3.72. The second kappa shape index (κ2) is 7.40. The molecule has 0 aliphatic carbocycles. The van der Waals surface area contributed by atoms with Crippen LogP contribution in [-0.2, 0) is 4.79 Å². The topological polar surface area (TPSA) is 67.2 Å². The lowest BCUT2D eigenvalue weighted by molar-refractivity contribution is -0.121. The number of hydrogen-bond donors (Lipinski definition) is 1. The first-order chi connectivity index (χ1) is 10.7. The first-order valence-corrected chi connectivity index (χ1v) is 7.31. The van der Waals surface area contributed by atoms with Crippen molar-refractivity contribution in [2.75, 3.05) is 19.6 Å². The number of carbonyl (C=O) groups is 2. The van der Waals surface area contributed by atoms with Gasteiger partial charge in [0.15, 0.2) is 0 Å². The summed E-state index contributed by atoms with van der Waals surface area (Å²) in [6, 6.07) is 9.56. The smallest absolute Gasteiger partial charge is 0.257 e. The Labute approximate surface area is 129 Å². The van der Waals surface area contributed by atoms with Gasteiger partial charge in [0, 0.05) is 19.3 Å². The molecular weight excluding hydrogens is 280 g/mol. The molecule has 1 aromatic heterocycles. The number of nitrogens with zero attached hydrogens (tertiary/aromatic N) is 3. The second-order valence-corrected chi connectivity index (χ2v) is 4.78. The van der Waals surface area contributed by atoms with E-state index in [1.54, 1.807) is 10.9 Å². The average Bonchev–Trinajstić information content (AvgIpc) is 3.03. The Hall–Kier alpha value is -2.63. The van der Waals surface area contributed by atoms with Crippen molar-refractivity contribution in [3.05, 3.63) is 48.3 Å². The summed E-state index contributed by atoms with van der Waals surface area (Å²) < 4.78 is 1.65. The van der Waals surface area contributed by atoms with Gasteiger partial charge >= 0.3 is 0 Å². The normalized spacial score (nSPS) is 10.3. The minimum Gasteiger partial charge on any atom is -0.355 e. The maximum atomic E-state index is 12.5. The van der Waals surface area contributed by atoms with E-state index in [1.807, 2.05) is 44.2 Å². The fourth-order valence-electron chi connectivity index (χ4n) is 2.09. The highest BCUT2D eigenvalue weighted by atomic mass is 16.2. The maximum absolute atomic E-state index is 12.5. The molecule has 6 nitrogen and oxygen atoms in total. The van der Waals surface area contributed by atoms with Gasteiger partial charge in [-0.05, 0) is 26.0 Å². The molecule has 6 heteroatoms. The van der Waals surface area contributed by atoms with Gasteiger partial charge in [-0.1, -0.05) is 18.2 Å². The predicted molar refractivity (Wildman–Crippen MR) is 83.8 cm³/mol. The fraction of sp³-hybridized carbons (Fsp3) is 0.312. The van der Waals surface area contributed by atoms with E-state index in [-0.39, 0.29) is 18.4 Å². The molecule has 0 spiro atoms. The summed E-state index contributed by atoms with van der Waals surface area (Å²) >= 11 is 0. The Morgan fingerprint density at radius 3 is 2.59 bits per heavy atom. The van der Waals surface area contributed by atoms with Crippen molar-refractivity contribution >= 4 is 11.8 Å². The van der Waals surface area contributed by atoms with Crippen molar-refractivity contribution in [1.29, 1.82) is 0 Å². The van der Waals surface area contributed by atoms with E-state index >= 15 is 0 Å². The third-order valence-corrected chi connectivity index (χ3v) is 3.23. The average molecular weight is 300 g/mol. The summed E-state index contributed by atoms with van der Waals surface area (Å²) in [6.07, 6.45) is 3.20. The van der Waals surface area contributed by atoms with E-state index < -0.39 is 0 Å². The number of benzene rings is 1. The molecular formula is C16H20N4O2. The van der Waals surface area contributed by atoms with Crippen LogP contribution in [0.5, 0.6) is 0 Å². The molecule has 2 aromatic rings. The maximum Gasteiger partial charge on any atom is 0.257 e. The number of carbonyl (C=O) groups excluding carboxylic acids is 2. The van der Waals surface area contributed by atoms with Crippen LogP contribution < -0.4 is 5.32 Å². The van der Waals surface area contributed by atoms with E-state index in [0.29, 0.717) is 18.7 Å². The van der Waals surface area contributed by atoms with Crippen molar-refractivity contribution in [2.24, 2.45) is 0 Å². The van der Waals surface area contributed by atoms with Gasteiger partial charge < -0.3 is 10.2 Å². The van der Waals surface area contributed by atoms with Crippen LogP contribution in [0.4, 0.5) is 0 Å². The van der Waals surface area contributed by atoms with Crippen molar-refractivity contribution < 1.29 is 9.59 Å². The Morgan fingerprint density at radius 1 is 1.23 bits per heavy atom. The molecule has 0 saturated carbocycles. The van der Waals surface area contributed by atoms with Gasteiger partial charge in [0.2, 0.25) is 5.91 Å². The first-order valence-electron chi connectivity index (χ1n) is 7.31. The third-order valence-electron chi connectivity index (χ3n) is 3.23. The van der Waals surface area contributed by atoms with Gasteiger partial charge in [0.25, 0.3) is 5.91 Å². The number of hydrogen-bond acceptors (Lipinski definition) is 3. The van der Waals surface area contributed by atoms with Crippen LogP contribution in [0, 0.1) is 0 Å². The highest BCUT2D eigenvalue weighted by Crippen LogP contribution is 2.09. The van der Waals surface area contributed by atoms with Crippen LogP contribution in [-0.4, -0.2) is 46.1 Å². The zero-order valence-corrected chi connectivity index (χ0v) is 12.8. The van der Waals surface area contributed by atoms with Gasteiger partial charge in [-0.3, -0.25) is 9.59 Å². The Kier molecular flexibility index (Phi) is 5.30. The van der Waals surface area contributed by atoms with E-state index in [1.165, 1.54) is 11.1 Å². The zero-order chi connectivity index (χ0) is 15.9. The predicted octanol–water partition coefficient (Wildman–Crippen LogP) is 1.47. The van der Waals surface area contributed by atoms with Crippen molar-refractivity contribution in [3.63, 3.8) is 0 Å². The first kappa shape index (κ1) is 15.8. The molecule has 0 unspecified atom stereocenters. The van der Waals surface area contributed by atoms with Crippen LogP contribution in [0.3, 0.4) is 0 Å². The molecule has 0 bridgehead atoms. The summed E-state index contributed by atoms with van der Waals surface area (Å²) in [5, 5.41) is 6.90. The van der Waals surface area contributed by atoms with Crippen LogP contribution in [0.1, 0.15) is 24.2 Å². The SMILES string of the molecule is CCNC(=O)CN(CC)C(=O)c1cnn(-c2ccccc2)c1. The second-order valence-electron chi connectivity index (χ2n) is 4.78. The molecule has 0 aliphatic heterocycles. The van der Waals surface area contributed by atoms with Crippen molar-refractivity contribution in [3.8, 4) is 5.69 Å². The molecule has 0 radical (unpaired) electrons. The van der Waals surface area contributed by atoms with Gasteiger partial charge in [-0.2, -0.15) is 5.10 Å². The molecule has 1 aromatic carbocycles. The van der Waals surface area contributed by atoms with Crippen LogP contribution in [0.2, 0.25) is 0 Å². The van der Waals surface area contributed by atoms with Crippen LogP contribution in [0.15, 0.2) is 42.7 Å². The number of para-hydroxylation sites is 1. The molecule has 2 amide bonds. The lowest BCUT2D eigenvalue weighted by Gasteiger charge is -2.19. The summed E-state index contributed by atoms with van der Waals surface area (Å²) in [5.41, 5.74) is 1.35. The van der Waals surface area contributed by atoms with Gasteiger partial charge in [-0.25, -0.2) is 4.68 Å². The van der Waals surface area contributed by atoms with Gasteiger partial charge in [0.1, 0.15) is 0 Å². The zero-order valence-electron chi connectivity index (χ0n) is 12.8. The summed E-state index contributed by atoms with van der Waals surface area (Å²) in [6.45, 7) is 4.77. The number of likely N-dealkylation sites (N-methyl/N-ethyl adjacent to an activating group) is 2. The lowest BCUT2D eigenvalue weighted by Crippen LogP contribution is -2.40. The quantitative estimate of drug-likeness (QED) is 0.878. The van der Waals surface area contributed by atoms with Crippen molar-refractivity contribution in [2.45, 2.75) is 13.8 Å². The highest BCUT2D eigenvalue weighted by Gasteiger charge is 2.18. The minimum absolute atomic E-state index is 0.0552. The summed E-state index contributed by atoms with van der Waals surface area (Å²) in [5.74, 6) is -0.357. The number of amides is 2. The van der Waals surface area contributed by atoms with E-state index in [4.69, 9.17) is 0 Å². The Balaban J connectivity index is 2.12. The van der Waals surface area contributed by atoms with E-state index in [2.05, 4.69) is 10.4 Å². The van der Waals surface area contributed by atoms with E-state index in [0.717, 1.165) is 5.69 Å². The molecule has 22 heavy (non-hydrogen) atoms. The van der Waals surface area contributed by atoms with Gasteiger partial charge in [-0.15, -0.1) is 0 Å². The van der Waals surface area contributed by atoms with Crippen molar-refractivity contribution in [1.82, 2.24) is 20.0 Å². The monoisotopic (exact) mass is 300 g/mol. The molecule has 0 saturated heterocycles. The fourth-order valence-corrected chi connectivity index (χ4v) is 2.09. The molecule has 1 heterocycles. The molecule has 2 rings (SSSR count). The van der Waals surface area contributed by atoms with E-state index in [9.17, 15) is 9.59 Å².